The lowest BCUT2D eigenvalue weighted by Crippen LogP contribution is -2.37. The Morgan fingerprint density at radius 1 is 1.30 bits per heavy atom. The van der Waals surface area contributed by atoms with Gasteiger partial charge in [0.25, 0.3) is 0 Å². The molecule has 1 heterocycles. The summed E-state index contributed by atoms with van der Waals surface area (Å²) in [7, 11) is -2.44. The largest absolute Gasteiger partial charge is 0.416 e. The maximum atomic E-state index is 12.7. The number of carbonyl (C=O) groups is 1. The molecule has 0 aliphatic rings. The van der Waals surface area contributed by atoms with E-state index in [1.54, 1.807) is 17.9 Å². The monoisotopic (exact) mass is 404 g/mol. The minimum absolute atomic E-state index is 0.332. The molecule has 0 atom stereocenters. The first-order valence-corrected chi connectivity index (χ1v) is 9.47. The van der Waals surface area contributed by atoms with E-state index in [2.05, 4.69) is 10.4 Å². The highest BCUT2D eigenvalue weighted by Gasteiger charge is 2.31. The average molecular weight is 404 g/mol. The average Bonchev–Trinajstić information content (AvgIpc) is 3.02. The summed E-state index contributed by atoms with van der Waals surface area (Å²) in [5, 5.41) is 6.57. The second-order valence-corrected chi connectivity index (χ2v) is 7.59. The highest BCUT2D eigenvalue weighted by Crippen LogP contribution is 2.30. The summed E-state index contributed by atoms with van der Waals surface area (Å²) in [4.78, 5) is 11.2. The van der Waals surface area contributed by atoms with Gasteiger partial charge in [0.05, 0.1) is 23.2 Å². The Bertz CT molecular complexity index is 894. The Labute approximate surface area is 154 Å². The van der Waals surface area contributed by atoms with Gasteiger partial charge in [-0.25, -0.2) is 13.1 Å². The number of aryl methyl sites for hydroxylation is 2. The van der Waals surface area contributed by atoms with E-state index >= 15 is 0 Å². The van der Waals surface area contributed by atoms with Crippen molar-refractivity contribution in [3.05, 3.63) is 47.8 Å². The van der Waals surface area contributed by atoms with Crippen LogP contribution in [0.3, 0.4) is 0 Å². The molecule has 1 aromatic carbocycles. The van der Waals surface area contributed by atoms with Crippen LogP contribution in [-0.2, 0) is 34.5 Å². The summed E-state index contributed by atoms with van der Waals surface area (Å²) in [5.41, 5.74) is -0.0674. The molecule has 7 nitrogen and oxygen atoms in total. The van der Waals surface area contributed by atoms with E-state index in [1.807, 2.05) is 10.9 Å². The number of hydrogen-bond donors (Lipinski definition) is 2. The van der Waals surface area contributed by atoms with E-state index < -0.39 is 39.1 Å². The summed E-state index contributed by atoms with van der Waals surface area (Å²) in [6.07, 6.45) is 0.245. The van der Waals surface area contributed by atoms with E-state index in [1.165, 1.54) is 0 Å². The van der Waals surface area contributed by atoms with Crippen LogP contribution in [0.2, 0.25) is 0 Å². The molecule has 0 aliphatic heterocycles. The van der Waals surface area contributed by atoms with Crippen LogP contribution in [0, 0.1) is 0 Å². The molecule has 11 heteroatoms. The van der Waals surface area contributed by atoms with Crippen molar-refractivity contribution >= 4 is 15.9 Å². The third kappa shape index (κ3) is 6.36. The number of hydrogen-bond acceptors (Lipinski definition) is 4. The molecule has 1 aromatic heterocycles. The van der Waals surface area contributed by atoms with Gasteiger partial charge in [-0.1, -0.05) is 6.07 Å². The fourth-order valence-electron chi connectivity index (χ4n) is 2.27. The first-order chi connectivity index (χ1) is 12.6. The Hall–Kier alpha value is -2.40. The molecule has 148 valence electrons. The van der Waals surface area contributed by atoms with Crippen molar-refractivity contribution in [3.63, 3.8) is 0 Å². The SMILES string of the molecule is Cn1cc(CCCNC(=O)CNS(=O)(=O)c2cccc(C(F)(F)F)c2)cn1. The van der Waals surface area contributed by atoms with E-state index in [0.29, 0.717) is 25.5 Å². The Morgan fingerprint density at radius 2 is 2.04 bits per heavy atom. The first-order valence-electron chi connectivity index (χ1n) is 7.99. The number of halogens is 3. The molecule has 0 radical (unpaired) electrons. The summed E-state index contributed by atoms with van der Waals surface area (Å²) in [5.74, 6) is -0.572. The number of alkyl halides is 3. The number of nitrogens with one attached hydrogen (secondary N) is 2. The third-order valence-electron chi connectivity index (χ3n) is 3.62. The van der Waals surface area contributed by atoms with Crippen LogP contribution in [0.5, 0.6) is 0 Å². The lowest BCUT2D eigenvalue weighted by atomic mass is 10.2. The van der Waals surface area contributed by atoms with Crippen LogP contribution < -0.4 is 10.0 Å². The Balaban J connectivity index is 1.81. The van der Waals surface area contributed by atoms with Crippen LogP contribution in [0.15, 0.2) is 41.6 Å². The molecule has 0 fully saturated rings. The van der Waals surface area contributed by atoms with Crippen molar-refractivity contribution in [1.29, 1.82) is 0 Å². The topological polar surface area (TPSA) is 93.1 Å². The fourth-order valence-corrected chi connectivity index (χ4v) is 3.29. The minimum Gasteiger partial charge on any atom is -0.355 e. The molecular formula is C16H19F3N4O3S. The number of sulfonamides is 1. The van der Waals surface area contributed by atoms with Gasteiger partial charge in [0.2, 0.25) is 15.9 Å². The number of benzene rings is 1. The van der Waals surface area contributed by atoms with Crippen LogP contribution in [0.4, 0.5) is 13.2 Å². The molecule has 0 spiro atoms. The van der Waals surface area contributed by atoms with Gasteiger partial charge in [-0.05, 0) is 36.6 Å². The smallest absolute Gasteiger partial charge is 0.355 e. The van der Waals surface area contributed by atoms with Crippen LogP contribution in [0.1, 0.15) is 17.5 Å². The molecule has 1 amide bonds. The highest BCUT2D eigenvalue weighted by molar-refractivity contribution is 7.89. The summed E-state index contributed by atoms with van der Waals surface area (Å²) < 4.78 is 65.8. The van der Waals surface area contributed by atoms with Crippen LogP contribution >= 0.6 is 0 Å². The van der Waals surface area contributed by atoms with Gasteiger partial charge in [0.1, 0.15) is 0 Å². The van der Waals surface area contributed by atoms with Gasteiger partial charge in [-0.2, -0.15) is 18.3 Å². The van der Waals surface area contributed by atoms with Crippen molar-refractivity contribution in [1.82, 2.24) is 19.8 Å². The normalized spacial score (nSPS) is 12.1. The second-order valence-electron chi connectivity index (χ2n) is 5.83. The molecule has 0 saturated heterocycles. The second kappa shape index (κ2) is 8.53. The molecule has 0 aliphatic carbocycles. The molecule has 2 aromatic rings. The first kappa shape index (κ1) is 20.9. The minimum atomic E-state index is -4.66. The van der Waals surface area contributed by atoms with Gasteiger partial charge in [-0.3, -0.25) is 9.48 Å². The molecule has 2 N–H and O–H groups in total. The van der Waals surface area contributed by atoms with Gasteiger partial charge in [0.15, 0.2) is 0 Å². The lowest BCUT2D eigenvalue weighted by Gasteiger charge is -2.10. The Kier molecular flexibility index (Phi) is 6.60. The molecular weight excluding hydrogens is 385 g/mol. The predicted molar refractivity (Wildman–Crippen MR) is 91.2 cm³/mol. The quantitative estimate of drug-likeness (QED) is 0.652. The zero-order chi connectivity index (χ0) is 20.1. The third-order valence-corrected chi connectivity index (χ3v) is 5.02. The standard InChI is InChI=1S/C16H19F3N4O3S/c1-23-11-12(9-21-23)4-3-7-20-15(24)10-22-27(25,26)14-6-2-5-13(8-14)16(17,18)19/h2,5-6,8-9,11,22H,3-4,7,10H2,1H3,(H,20,24). The predicted octanol–water partition coefficient (Wildman–Crippen LogP) is 1.47. The van der Waals surface area contributed by atoms with Gasteiger partial charge >= 0.3 is 6.18 Å². The molecule has 27 heavy (non-hydrogen) atoms. The fraction of sp³-hybridized carbons (Fsp3) is 0.375. The van der Waals surface area contributed by atoms with Crippen molar-refractivity contribution in [3.8, 4) is 0 Å². The van der Waals surface area contributed by atoms with Gasteiger partial charge < -0.3 is 5.32 Å². The zero-order valence-corrected chi connectivity index (χ0v) is 15.3. The highest BCUT2D eigenvalue weighted by atomic mass is 32.2. The van der Waals surface area contributed by atoms with E-state index in [0.717, 1.165) is 23.8 Å². The maximum absolute atomic E-state index is 12.7. The number of carbonyl (C=O) groups excluding carboxylic acids is 1. The van der Waals surface area contributed by atoms with Crippen LogP contribution in [-0.4, -0.2) is 37.2 Å². The number of aromatic nitrogens is 2. The summed E-state index contributed by atoms with van der Waals surface area (Å²) in [6.45, 7) is -0.232. The van der Waals surface area contributed by atoms with E-state index in [4.69, 9.17) is 0 Å². The molecule has 0 unspecified atom stereocenters. The maximum Gasteiger partial charge on any atom is 0.416 e. The number of nitrogens with zero attached hydrogens (tertiary/aromatic N) is 2. The van der Waals surface area contributed by atoms with Gasteiger partial charge in [0, 0.05) is 19.8 Å². The molecule has 2 rings (SSSR count). The molecule has 0 saturated carbocycles. The summed E-state index contributed by atoms with van der Waals surface area (Å²) in [6, 6.07) is 3.32. The van der Waals surface area contributed by atoms with E-state index in [9.17, 15) is 26.4 Å². The lowest BCUT2D eigenvalue weighted by molar-refractivity contribution is -0.137. The van der Waals surface area contributed by atoms with Crippen LogP contribution in [0.25, 0.3) is 0 Å². The van der Waals surface area contributed by atoms with Crippen molar-refractivity contribution < 1.29 is 26.4 Å². The zero-order valence-electron chi connectivity index (χ0n) is 14.5. The van der Waals surface area contributed by atoms with Gasteiger partial charge in [-0.15, -0.1) is 0 Å². The van der Waals surface area contributed by atoms with Crippen molar-refractivity contribution in [2.24, 2.45) is 7.05 Å². The Morgan fingerprint density at radius 3 is 2.67 bits per heavy atom. The summed E-state index contributed by atoms with van der Waals surface area (Å²) >= 11 is 0. The molecule has 0 bridgehead atoms. The van der Waals surface area contributed by atoms with Crippen molar-refractivity contribution in [2.75, 3.05) is 13.1 Å². The van der Waals surface area contributed by atoms with Crippen molar-refractivity contribution in [2.45, 2.75) is 23.9 Å². The van der Waals surface area contributed by atoms with E-state index in [-0.39, 0.29) is 0 Å². The number of amides is 1. The number of rotatable bonds is 8.